The van der Waals surface area contributed by atoms with E-state index < -0.39 is 0 Å². The van der Waals surface area contributed by atoms with Gasteiger partial charge >= 0.3 is 0 Å². The largest absolute Gasteiger partial charge is 0.493 e. The SMILES string of the molecule is CCCOc1c(Br)cc(C(=O)N2CCCC2)cc1OC. The number of hydrogen-bond acceptors (Lipinski definition) is 3. The minimum atomic E-state index is 0.0588. The number of amides is 1. The molecule has 1 aromatic rings. The second-order valence-corrected chi connectivity index (χ2v) is 5.69. The third kappa shape index (κ3) is 3.26. The average molecular weight is 342 g/mol. The van der Waals surface area contributed by atoms with Gasteiger partial charge in [0.05, 0.1) is 18.2 Å². The molecule has 0 N–H and O–H groups in total. The first kappa shape index (κ1) is 15.2. The van der Waals surface area contributed by atoms with Crippen LogP contribution in [0.25, 0.3) is 0 Å². The lowest BCUT2D eigenvalue weighted by Crippen LogP contribution is -2.27. The molecular formula is C15H20BrNO3. The molecule has 1 saturated heterocycles. The Kier molecular flexibility index (Phi) is 5.29. The molecule has 1 aliphatic heterocycles. The highest BCUT2D eigenvalue weighted by Crippen LogP contribution is 2.37. The minimum Gasteiger partial charge on any atom is -0.493 e. The molecule has 0 unspecified atom stereocenters. The number of halogens is 1. The maximum absolute atomic E-state index is 12.4. The molecule has 0 aromatic heterocycles. The summed E-state index contributed by atoms with van der Waals surface area (Å²) in [6.07, 6.45) is 3.09. The fraction of sp³-hybridized carbons (Fsp3) is 0.533. The van der Waals surface area contributed by atoms with Crippen molar-refractivity contribution in [1.82, 2.24) is 4.90 Å². The highest BCUT2D eigenvalue weighted by atomic mass is 79.9. The minimum absolute atomic E-state index is 0.0588. The van der Waals surface area contributed by atoms with E-state index in [-0.39, 0.29) is 5.91 Å². The van der Waals surface area contributed by atoms with Crippen LogP contribution in [-0.2, 0) is 0 Å². The van der Waals surface area contributed by atoms with E-state index in [1.165, 1.54) is 0 Å². The van der Waals surface area contributed by atoms with E-state index in [4.69, 9.17) is 9.47 Å². The van der Waals surface area contributed by atoms with Crippen LogP contribution in [0.1, 0.15) is 36.5 Å². The van der Waals surface area contributed by atoms with Gasteiger partial charge in [-0.25, -0.2) is 0 Å². The molecular weight excluding hydrogens is 322 g/mol. The monoisotopic (exact) mass is 341 g/mol. The third-order valence-corrected chi connectivity index (χ3v) is 3.91. The fourth-order valence-corrected chi connectivity index (χ4v) is 2.85. The smallest absolute Gasteiger partial charge is 0.254 e. The summed E-state index contributed by atoms with van der Waals surface area (Å²) < 4.78 is 11.8. The predicted octanol–water partition coefficient (Wildman–Crippen LogP) is 3.48. The van der Waals surface area contributed by atoms with E-state index >= 15 is 0 Å². The lowest BCUT2D eigenvalue weighted by molar-refractivity contribution is 0.0792. The third-order valence-electron chi connectivity index (χ3n) is 3.32. The number of hydrogen-bond donors (Lipinski definition) is 0. The molecule has 110 valence electrons. The van der Waals surface area contributed by atoms with Crippen LogP contribution in [0.4, 0.5) is 0 Å². The van der Waals surface area contributed by atoms with E-state index in [0.29, 0.717) is 23.7 Å². The Morgan fingerprint density at radius 2 is 2.05 bits per heavy atom. The summed E-state index contributed by atoms with van der Waals surface area (Å²) in [5.74, 6) is 1.31. The van der Waals surface area contributed by atoms with E-state index in [0.717, 1.165) is 36.8 Å². The first-order valence-corrected chi connectivity index (χ1v) is 7.76. The van der Waals surface area contributed by atoms with Crippen molar-refractivity contribution in [1.29, 1.82) is 0 Å². The molecule has 1 aliphatic rings. The highest BCUT2D eigenvalue weighted by Gasteiger charge is 2.22. The van der Waals surface area contributed by atoms with Crippen molar-refractivity contribution >= 4 is 21.8 Å². The van der Waals surface area contributed by atoms with Crippen LogP contribution >= 0.6 is 15.9 Å². The van der Waals surface area contributed by atoms with Gasteiger partial charge in [0, 0.05) is 18.7 Å². The summed E-state index contributed by atoms with van der Waals surface area (Å²) in [6, 6.07) is 3.57. The van der Waals surface area contributed by atoms with Gasteiger partial charge in [0.2, 0.25) is 0 Å². The van der Waals surface area contributed by atoms with Crippen molar-refractivity contribution in [3.8, 4) is 11.5 Å². The van der Waals surface area contributed by atoms with Crippen molar-refractivity contribution in [2.24, 2.45) is 0 Å². The number of ether oxygens (including phenoxy) is 2. The molecule has 1 fully saturated rings. The Bertz CT molecular complexity index is 484. The summed E-state index contributed by atoms with van der Waals surface area (Å²) >= 11 is 3.47. The summed E-state index contributed by atoms with van der Waals surface area (Å²) in [5.41, 5.74) is 0.638. The van der Waals surface area contributed by atoms with Gasteiger partial charge in [0.25, 0.3) is 5.91 Å². The van der Waals surface area contributed by atoms with E-state index in [1.54, 1.807) is 13.2 Å². The maximum Gasteiger partial charge on any atom is 0.254 e. The van der Waals surface area contributed by atoms with Gasteiger partial charge in [-0.05, 0) is 47.3 Å². The molecule has 1 heterocycles. The average Bonchev–Trinajstić information content (AvgIpc) is 2.98. The molecule has 0 atom stereocenters. The lowest BCUT2D eigenvalue weighted by Gasteiger charge is -2.18. The van der Waals surface area contributed by atoms with Gasteiger partial charge in [-0.3, -0.25) is 4.79 Å². The van der Waals surface area contributed by atoms with E-state index in [2.05, 4.69) is 15.9 Å². The molecule has 1 aromatic carbocycles. The quantitative estimate of drug-likeness (QED) is 0.822. The molecule has 5 heteroatoms. The van der Waals surface area contributed by atoms with Crippen LogP contribution in [0, 0.1) is 0 Å². The summed E-state index contributed by atoms with van der Waals surface area (Å²) in [6.45, 7) is 4.35. The Balaban J connectivity index is 2.26. The fourth-order valence-electron chi connectivity index (χ4n) is 2.29. The van der Waals surface area contributed by atoms with Crippen molar-refractivity contribution < 1.29 is 14.3 Å². The standard InChI is InChI=1S/C15H20BrNO3/c1-3-8-20-14-12(16)9-11(10-13(14)19-2)15(18)17-6-4-5-7-17/h9-10H,3-8H2,1-2H3. The topological polar surface area (TPSA) is 38.8 Å². The zero-order valence-corrected chi connectivity index (χ0v) is 13.5. The summed E-state index contributed by atoms with van der Waals surface area (Å²) in [5, 5.41) is 0. The first-order chi connectivity index (χ1) is 9.67. The molecule has 0 spiro atoms. The predicted molar refractivity (Wildman–Crippen MR) is 81.6 cm³/mol. The van der Waals surface area contributed by atoms with E-state index in [9.17, 15) is 4.79 Å². The number of benzene rings is 1. The Labute approximate surface area is 128 Å². The first-order valence-electron chi connectivity index (χ1n) is 6.97. The lowest BCUT2D eigenvalue weighted by atomic mass is 10.1. The van der Waals surface area contributed by atoms with Gasteiger partial charge in [0.1, 0.15) is 0 Å². The number of rotatable bonds is 5. The number of likely N-dealkylation sites (tertiary alicyclic amines) is 1. The summed E-state index contributed by atoms with van der Waals surface area (Å²) in [7, 11) is 1.59. The maximum atomic E-state index is 12.4. The molecule has 20 heavy (non-hydrogen) atoms. The van der Waals surface area contributed by atoms with Gasteiger partial charge in [-0.1, -0.05) is 6.92 Å². The zero-order valence-electron chi connectivity index (χ0n) is 11.9. The zero-order chi connectivity index (χ0) is 14.5. The number of methoxy groups -OCH3 is 1. The summed E-state index contributed by atoms with van der Waals surface area (Å²) in [4.78, 5) is 14.3. The number of carbonyl (C=O) groups is 1. The molecule has 0 bridgehead atoms. The normalized spacial score (nSPS) is 14.4. The number of nitrogens with zero attached hydrogens (tertiary/aromatic N) is 1. The highest BCUT2D eigenvalue weighted by molar-refractivity contribution is 9.10. The molecule has 2 rings (SSSR count). The van der Waals surface area contributed by atoms with Crippen molar-refractivity contribution in [3.63, 3.8) is 0 Å². The second-order valence-electron chi connectivity index (χ2n) is 4.84. The second kappa shape index (κ2) is 6.97. The molecule has 0 saturated carbocycles. The van der Waals surface area contributed by atoms with E-state index in [1.807, 2.05) is 17.9 Å². The van der Waals surface area contributed by atoms with Crippen LogP contribution in [0.5, 0.6) is 11.5 Å². The number of carbonyl (C=O) groups excluding carboxylic acids is 1. The Morgan fingerprint density at radius 1 is 1.35 bits per heavy atom. The molecule has 1 amide bonds. The van der Waals surface area contributed by atoms with Gasteiger partial charge in [0.15, 0.2) is 11.5 Å². The van der Waals surface area contributed by atoms with Gasteiger partial charge in [-0.2, -0.15) is 0 Å². The van der Waals surface area contributed by atoms with Gasteiger partial charge < -0.3 is 14.4 Å². The molecule has 0 radical (unpaired) electrons. The van der Waals surface area contributed by atoms with Crippen LogP contribution in [0.2, 0.25) is 0 Å². The Hall–Kier alpha value is -1.23. The van der Waals surface area contributed by atoms with Crippen molar-refractivity contribution in [2.75, 3.05) is 26.8 Å². The molecule has 4 nitrogen and oxygen atoms in total. The van der Waals surface area contributed by atoms with Crippen molar-refractivity contribution in [3.05, 3.63) is 22.2 Å². The van der Waals surface area contributed by atoms with Crippen molar-refractivity contribution in [2.45, 2.75) is 26.2 Å². The van der Waals surface area contributed by atoms with Crippen LogP contribution in [0.3, 0.4) is 0 Å². The van der Waals surface area contributed by atoms with Crippen LogP contribution in [0.15, 0.2) is 16.6 Å². The van der Waals surface area contributed by atoms with Crippen LogP contribution < -0.4 is 9.47 Å². The Morgan fingerprint density at radius 3 is 2.65 bits per heavy atom. The van der Waals surface area contributed by atoms with Crippen LogP contribution in [-0.4, -0.2) is 37.6 Å². The van der Waals surface area contributed by atoms with Gasteiger partial charge in [-0.15, -0.1) is 0 Å². The molecule has 0 aliphatic carbocycles.